The zero-order valence-corrected chi connectivity index (χ0v) is 19.0. The molecule has 8 nitrogen and oxygen atoms in total. The number of hydrogen-bond acceptors (Lipinski definition) is 5. The van der Waals surface area contributed by atoms with Gasteiger partial charge >= 0.3 is 18.2 Å². The molecule has 0 aliphatic heterocycles. The molecule has 0 spiro atoms. The maximum atomic E-state index is 12.4. The third kappa shape index (κ3) is 6.17. The molecule has 1 aliphatic carbocycles. The molecule has 3 N–H and O–H groups in total. The Labute approximate surface area is 202 Å². The maximum Gasteiger partial charge on any atom is 0.407 e. The van der Waals surface area contributed by atoms with Crippen LogP contribution in [0.1, 0.15) is 29.0 Å². The van der Waals surface area contributed by atoms with E-state index in [9.17, 15) is 14.4 Å². The van der Waals surface area contributed by atoms with Crippen LogP contribution in [0.5, 0.6) is 0 Å². The standard InChI is InChI=1S/C27H26N2O6/c30-25(31)14-19(29-27(33)34-16-18-8-2-1-3-9-18)15-28-26(32)35-17-24-22-12-6-4-10-20(22)21-11-5-7-13-23(21)24/h1-13,19,24H,14-17H2,(H,28,32)(H,29,33)(H,30,31)/t19-/m0/s1. The summed E-state index contributed by atoms with van der Waals surface area (Å²) >= 11 is 0. The number of alkyl carbamates (subject to hydrolysis) is 2. The van der Waals surface area contributed by atoms with Gasteiger partial charge in [-0.05, 0) is 27.8 Å². The molecule has 3 aromatic carbocycles. The molecule has 2 amide bonds. The zero-order valence-electron chi connectivity index (χ0n) is 19.0. The number of carbonyl (C=O) groups excluding carboxylic acids is 2. The Morgan fingerprint density at radius 3 is 2.03 bits per heavy atom. The Morgan fingerprint density at radius 1 is 0.800 bits per heavy atom. The molecule has 0 fully saturated rings. The van der Waals surface area contributed by atoms with E-state index in [-0.39, 0.29) is 32.1 Å². The van der Waals surface area contributed by atoms with Crippen LogP contribution in [0.3, 0.4) is 0 Å². The summed E-state index contributed by atoms with van der Waals surface area (Å²) in [6.45, 7) is 0.0612. The van der Waals surface area contributed by atoms with E-state index < -0.39 is 24.2 Å². The van der Waals surface area contributed by atoms with Gasteiger partial charge < -0.3 is 25.2 Å². The first kappa shape index (κ1) is 23.8. The Hall–Kier alpha value is -4.33. The smallest absolute Gasteiger partial charge is 0.407 e. The van der Waals surface area contributed by atoms with Crippen molar-refractivity contribution in [3.63, 3.8) is 0 Å². The molecule has 0 radical (unpaired) electrons. The van der Waals surface area contributed by atoms with Gasteiger partial charge in [0.1, 0.15) is 13.2 Å². The third-order valence-electron chi connectivity index (χ3n) is 5.79. The number of carboxylic acid groups (broad SMARTS) is 1. The summed E-state index contributed by atoms with van der Waals surface area (Å²) in [7, 11) is 0. The lowest BCUT2D eigenvalue weighted by molar-refractivity contribution is -0.137. The number of fused-ring (bicyclic) bond motifs is 3. The molecule has 0 heterocycles. The van der Waals surface area contributed by atoms with Crippen LogP contribution in [0.25, 0.3) is 11.1 Å². The van der Waals surface area contributed by atoms with Crippen molar-refractivity contribution in [1.29, 1.82) is 0 Å². The van der Waals surface area contributed by atoms with Crippen molar-refractivity contribution in [1.82, 2.24) is 10.6 Å². The van der Waals surface area contributed by atoms with Gasteiger partial charge in [-0.1, -0.05) is 78.9 Å². The summed E-state index contributed by atoms with van der Waals surface area (Å²) in [5, 5.41) is 14.2. The summed E-state index contributed by atoms with van der Waals surface area (Å²) in [5.41, 5.74) is 5.23. The Balaban J connectivity index is 1.29. The minimum atomic E-state index is -1.12. The zero-order chi connectivity index (χ0) is 24.6. The molecule has 0 saturated heterocycles. The predicted molar refractivity (Wildman–Crippen MR) is 129 cm³/mol. The molecule has 3 aromatic rings. The highest BCUT2D eigenvalue weighted by Crippen LogP contribution is 2.44. The number of rotatable bonds is 9. The summed E-state index contributed by atoms with van der Waals surface area (Å²) in [6, 6.07) is 24.3. The fourth-order valence-electron chi connectivity index (χ4n) is 4.17. The first-order valence-corrected chi connectivity index (χ1v) is 11.3. The van der Waals surface area contributed by atoms with Gasteiger partial charge in [0.15, 0.2) is 0 Å². The van der Waals surface area contributed by atoms with Gasteiger partial charge in [0, 0.05) is 12.5 Å². The number of ether oxygens (including phenoxy) is 2. The highest BCUT2D eigenvalue weighted by atomic mass is 16.6. The van der Waals surface area contributed by atoms with E-state index in [0.717, 1.165) is 27.8 Å². The van der Waals surface area contributed by atoms with Crippen LogP contribution >= 0.6 is 0 Å². The van der Waals surface area contributed by atoms with Crippen molar-refractivity contribution >= 4 is 18.2 Å². The molecule has 0 bridgehead atoms. The van der Waals surface area contributed by atoms with Crippen LogP contribution in [0, 0.1) is 0 Å². The summed E-state index contributed by atoms with van der Waals surface area (Å²) in [6.07, 6.45) is -1.85. The number of amides is 2. The minimum Gasteiger partial charge on any atom is -0.481 e. The Bertz CT molecular complexity index is 1150. The summed E-state index contributed by atoms with van der Waals surface area (Å²) < 4.78 is 10.6. The average molecular weight is 475 g/mol. The van der Waals surface area contributed by atoms with Gasteiger partial charge in [-0.15, -0.1) is 0 Å². The van der Waals surface area contributed by atoms with Gasteiger partial charge in [0.2, 0.25) is 0 Å². The van der Waals surface area contributed by atoms with Crippen molar-refractivity contribution < 1.29 is 29.0 Å². The largest absolute Gasteiger partial charge is 0.481 e. The lowest BCUT2D eigenvalue weighted by atomic mass is 9.98. The van der Waals surface area contributed by atoms with E-state index in [0.29, 0.717) is 0 Å². The van der Waals surface area contributed by atoms with Crippen LogP contribution in [0.2, 0.25) is 0 Å². The topological polar surface area (TPSA) is 114 Å². The van der Waals surface area contributed by atoms with E-state index in [1.54, 1.807) is 12.1 Å². The Kier molecular flexibility index (Phi) is 7.62. The molecular formula is C27H26N2O6. The van der Waals surface area contributed by atoms with E-state index in [1.165, 1.54) is 0 Å². The SMILES string of the molecule is O=C(O)C[C@@H](CNC(=O)OCC1c2ccccc2-c2ccccc21)NC(=O)OCc1ccccc1. The molecule has 0 saturated carbocycles. The van der Waals surface area contributed by atoms with E-state index in [1.807, 2.05) is 66.7 Å². The van der Waals surface area contributed by atoms with Crippen molar-refractivity contribution in [2.45, 2.75) is 25.0 Å². The van der Waals surface area contributed by atoms with Crippen LogP contribution in [-0.2, 0) is 20.9 Å². The van der Waals surface area contributed by atoms with Gasteiger partial charge in [-0.25, -0.2) is 9.59 Å². The maximum absolute atomic E-state index is 12.4. The fourth-order valence-corrected chi connectivity index (χ4v) is 4.17. The second-order valence-corrected chi connectivity index (χ2v) is 8.21. The van der Waals surface area contributed by atoms with E-state index in [4.69, 9.17) is 14.6 Å². The number of aliphatic carboxylic acids is 1. The number of carbonyl (C=O) groups is 3. The average Bonchev–Trinajstić information content (AvgIpc) is 3.19. The first-order chi connectivity index (χ1) is 17.0. The van der Waals surface area contributed by atoms with Gasteiger partial charge in [0.05, 0.1) is 12.5 Å². The number of nitrogens with one attached hydrogen (secondary N) is 2. The van der Waals surface area contributed by atoms with Crippen LogP contribution < -0.4 is 10.6 Å². The monoisotopic (exact) mass is 474 g/mol. The predicted octanol–water partition coefficient (Wildman–Crippen LogP) is 4.29. The molecule has 0 unspecified atom stereocenters. The molecule has 0 aromatic heterocycles. The lowest BCUT2D eigenvalue weighted by Gasteiger charge is -2.18. The lowest BCUT2D eigenvalue weighted by Crippen LogP contribution is -2.45. The molecule has 4 rings (SSSR count). The molecule has 180 valence electrons. The molecule has 1 aliphatic rings. The normalized spacial score (nSPS) is 12.7. The highest BCUT2D eigenvalue weighted by Gasteiger charge is 2.29. The van der Waals surface area contributed by atoms with Crippen LogP contribution in [-0.4, -0.2) is 42.5 Å². The number of hydrogen-bond donors (Lipinski definition) is 3. The van der Waals surface area contributed by atoms with Gasteiger partial charge in [-0.2, -0.15) is 0 Å². The minimum absolute atomic E-state index is 0.0479. The summed E-state index contributed by atoms with van der Waals surface area (Å²) in [5.74, 6) is -1.21. The third-order valence-corrected chi connectivity index (χ3v) is 5.79. The quantitative estimate of drug-likeness (QED) is 0.426. The molecular weight excluding hydrogens is 448 g/mol. The van der Waals surface area contributed by atoms with Gasteiger partial charge in [-0.3, -0.25) is 4.79 Å². The van der Waals surface area contributed by atoms with Crippen molar-refractivity contribution in [3.8, 4) is 11.1 Å². The fraction of sp³-hybridized carbons (Fsp3) is 0.222. The van der Waals surface area contributed by atoms with Crippen molar-refractivity contribution in [2.75, 3.05) is 13.2 Å². The van der Waals surface area contributed by atoms with Crippen molar-refractivity contribution in [2.24, 2.45) is 0 Å². The van der Waals surface area contributed by atoms with Gasteiger partial charge in [0.25, 0.3) is 0 Å². The Morgan fingerprint density at radius 2 is 1.40 bits per heavy atom. The second kappa shape index (κ2) is 11.2. The number of benzene rings is 3. The van der Waals surface area contributed by atoms with E-state index in [2.05, 4.69) is 10.6 Å². The first-order valence-electron chi connectivity index (χ1n) is 11.3. The highest BCUT2D eigenvalue weighted by molar-refractivity contribution is 5.79. The van der Waals surface area contributed by atoms with Crippen LogP contribution in [0.4, 0.5) is 9.59 Å². The van der Waals surface area contributed by atoms with Crippen LogP contribution in [0.15, 0.2) is 78.9 Å². The molecule has 1 atom stereocenters. The van der Waals surface area contributed by atoms with Crippen molar-refractivity contribution in [3.05, 3.63) is 95.6 Å². The molecule has 35 heavy (non-hydrogen) atoms. The van der Waals surface area contributed by atoms with E-state index >= 15 is 0 Å². The molecule has 8 heteroatoms. The summed E-state index contributed by atoms with van der Waals surface area (Å²) in [4.78, 5) is 35.7. The number of carboxylic acids is 1. The second-order valence-electron chi connectivity index (χ2n) is 8.21.